The molecule has 0 atom stereocenters. The Hall–Kier alpha value is 0.610. The second-order valence-electron chi connectivity index (χ2n) is 3.60. The largest absolute Gasteiger partial charge is 0.0928 e. The number of hydrogen-bond donors (Lipinski definition) is 0. The summed E-state index contributed by atoms with van der Waals surface area (Å²) < 4.78 is 0. The van der Waals surface area contributed by atoms with E-state index in [0.29, 0.717) is 0 Å². The molecule has 1 rings (SSSR count). The van der Waals surface area contributed by atoms with Gasteiger partial charge in [0.1, 0.15) is 0 Å². The molecule has 0 nitrogen and oxygen atoms in total. The molecule has 1 aliphatic rings. The number of halogens is 1. The highest BCUT2D eigenvalue weighted by atomic mass is 79.9. The van der Waals surface area contributed by atoms with Crippen molar-refractivity contribution in [3.8, 4) is 0 Å². The minimum Gasteiger partial charge on any atom is -0.0928 e. The van der Waals surface area contributed by atoms with Crippen LogP contribution in [0, 0.1) is 0 Å². The Balaban J connectivity index is 2.56. The van der Waals surface area contributed by atoms with E-state index in [1.54, 1.807) is 0 Å². The quantitative estimate of drug-likeness (QED) is 0.416. The fraction of sp³-hybridized carbons (Fsp3) is 0.600. The first kappa shape index (κ1) is 11.7. The molecule has 0 saturated carbocycles. The van der Waals surface area contributed by atoms with E-state index >= 15 is 0 Å². The Morgan fingerprint density at radius 3 is 2.23 bits per heavy atom. The van der Waals surface area contributed by atoms with Crippen LogP contribution in [0.2, 0.25) is 0 Å². The Kier molecular flexibility index (Phi) is 4.41. The molecule has 1 heterocycles. The minimum absolute atomic E-state index is 1.10. The van der Waals surface area contributed by atoms with Gasteiger partial charge < -0.3 is 0 Å². The molecule has 0 saturated heterocycles. The van der Waals surface area contributed by atoms with Gasteiger partial charge >= 0.3 is 0 Å². The van der Waals surface area contributed by atoms with Crippen LogP contribution < -0.4 is 0 Å². The monoisotopic (exact) mass is 278 g/mol. The lowest BCUT2D eigenvalue weighted by atomic mass is 10.2. The number of allylic oxidation sites excluding steroid dienone is 2. The van der Waals surface area contributed by atoms with Gasteiger partial charge in [-0.15, -0.1) is 0 Å². The van der Waals surface area contributed by atoms with Crippen molar-refractivity contribution < 1.29 is 0 Å². The van der Waals surface area contributed by atoms with E-state index in [1.807, 2.05) is 0 Å². The van der Waals surface area contributed by atoms with Gasteiger partial charge in [-0.1, -0.05) is 27.7 Å². The zero-order valence-corrected chi connectivity index (χ0v) is 11.5. The van der Waals surface area contributed by atoms with E-state index in [-0.39, 0.29) is 0 Å². The lowest BCUT2D eigenvalue weighted by Gasteiger charge is -2.09. The molecular formula is C10H16BrPS. The maximum Gasteiger partial charge on any atom is 0.00314 e. The zero-order valence-electron chi connectivity index (χ0n) is 8.22. The number of rotatable bonds is 4. The fourth-order valence-corrected chi connectivity index (χ4v) is 5.98. The number of unbranched alkanes of at least 4 members (excludes halogenated alkanes) is 1. The second kappa shape index (κ2) is 4.91. The summed E-state index contributed by atoms with van der Waals surface area (Å²) in [5, 5.41) is 1.10. The lowest BCUT2D eigenvalue weighted by Crippen LogP contribution is -1.84. The summed E-state index contributed by atoms with van der Waals surface area (Å²) in [7, 11) is 0. The van der Waals surface area contributed by atoms with Gasteiger partial charge in [0.25, 0.3) is 0 Å². The SMILES string of the molecule is CC1=CP(=S)(CCCCBr)C=C1C. The number of hydrogen-bond acceptors (Lipinski definition) is 1. The molecule has 3 heteroatoms. The van der Waals surface area contributed by atoms with E-state index in [0.717, 1.165) is 5.33 Å². The van der Waals surface area contributed by atoms with Crippen LogP contribution in [0.1, 0.15) is 26.7 Å². The Morgan fingerprint density at radius 1 is 1.23 bits per heavy atom. The minimum atomic E-state index is -1.22. The van der Waals surface area contributed by atoms with Crippen LogP contribution in [0.3, 0.4) is 0 Å². The first-order valence-corrected chi connectivity index (χ1v) is 8.86. The van der Waals surface area contributed by atoms with Crippen molar-refractivity contribution in [2.75, 3.05) is 11.5 Å². The molecule has 1 aliphatic heterocycles. The Bertz CT molecular complexity index is 269. The summed E-state index contributed by atoms with van der Waals surface area (Å²) in [6.45, 7) is 4.34. The fourth-order valence-electron chi connectivity index (χ4n) is 1.48. The highest BCUT2D eigenvalue weighted by Gasteiger charge is 2.17. The van der Waals surface area contributed by atoms with Crippen LogP contribution >= 0.6 is 22.0 Å². The van der Waals surface area contributed by atoms with Gasteiger partial charge in [0.05, 0.1) is 0 Å². The summed E-state index contributed by atoms with van der Waals surface area (Å²) in [5.41, 5.74) is 2.81. The molecule has 74 valence electrons. The van der Waals surface area contributed by atoms with Crippen LogP contribution in [-0.4, -0.2) is 11.5 Å². The van der Waals surface area contributed by atoms with Crippen molar-refractivity contribution in [1.29, 1.82) is 0 Å². The van der Waals surface area contributed by atoms with Crippen LogP contribution in [0.5, 0.6) is 0 Å². The average molecular weight is 279 g/mol. The second-order valence-corrected chi connectivity index (χ2v) is 9.10. The highest BCUT2D eigenvalue weighted by molar-refractivity contribution is 9.09. The molecule has 0 unspecified atom stereocenters. The molecule has 0 aromatic heterocycles. The first-order chi connectivity index (χ1) is 6.07. The van der Waals surface area contributed by atoms with E-state index < -0.39 is 6.04 Å². The van der Waals surface area contributed by atoms with Crippen molar-refractivity contribution in [1.82, 2.24) is 0 Å². The third kappa shape index (κ3) is 3.34. The van der Waals surface area contributed by atoms with Gasteiger partial charge in [-0.3, -0.25) is 0 Å². The summed E-state index contributed by atoms with van der Waals surface area (Å²) in [6, 6.07) is -1.22. The van der Waals surface area contributed by atoms with Crippen molar-refractivity contribution >= 4 is 33.8 Å². The summed E-state index contributed by atoms with van der Waals surface area (Å²) in [4.78, 5) is 0. The lowest BCUT2D eigenvalue weighted by molar-refractivity contribution is 0.910. The van der Waals surface area contributed by atoms with Crippen molar-refractivity contribution in [3.63, 3.8) is 0 Å². The van der Waals surface area contributed by atoms with Gasteiger partial charge in [0, 0.05) is 5.33 Å². The summed E-state index contributed by atoms with van der Waals surface area (Å²) >= 11 is 9.13. The molecule has 0 aromatic carbocycles. The molecule has 0 spiro atoms. The predicted molar refractivity (Wildman–Crippen MR) is 69.7 cm³/mol. The molecule has 0 aliphatic carbocycles. The van der Waals surface area contributed by atoms with Gasteiger partial charge in [-0.2, -0.15) is 0 Å². The normalized spacial score (nSPS) is 19.9. The topological polar surface area (TPSA) is 0 Å². The van der Waals surface area contributed by atoms with E-state index in [9.17, 15) is 0 Å². The highest BCUT2D eigenvalue weighted by Crippen LogP contribution is 2.56. The predicted octanol–water partition coefficient (Wildman–Crippen LogP) is 4.46. The zero-order chi connectivity index (χ0) is 9.90. The number of alkyl halides is 1. The molecule has 0 amide bonds. The summed E-state index contributed by atoms with van der Waals surface area (Å²) in [6.07, 6.45) is 3.72. The van der Waals surface area contributed by atoms with Crippen LogP contribution in [0.25, 0.3) is 0 Å². The van der Waals surface area contributed by atoms with Crippen molar-refractivity contribution in [2.45, 2.75) is 26.7 Å². The van der Waals surface area contributed by atoms with Gasteiger partial charge in [-0.05, 0) is 61.7 Å². The molecule has 0 fully saturated rings. The van der Waals surface area contributed by atoms with Gasteiger partial charge in [0.2, 0.25) is 0 Å². The molecule has 0 N–H and O–H groups in total. The molecule has 0 bridgehead atoms. The van der Waals surface area contributed by atoms with E-state index in [2.05, 4.69) is 41.4 Å². The maximum absolute atomic E-state index is 5.68. The Morgan fingerprint density at radius 2 is 1.77 bits per heavy atom. The standard InChI is InChI=1S/C10H16BrPS/c1-9-7-12(13,8-10(9)2)6-4-3-5-11/h7-8H,3-6H2,1-2H3. The first-order valence-electron chi connectivity index (χ1n) is 4.61. The van der Waals surface area contributed by atoms with E-state index in [4.69, 9.17) is 11.8 Å². The molecular weight excluding hydrogens is 263 g/mol. The molecule has 0 radical (unpaired) electrons. The average Bonchev–Trinajstić information content (AvgIpc) is 2.27. The van der Waals surface area contributed by atoms with Gasteiger partial charge in [-0.25, -0.2) is 0 Å². The Labute approximate surface area is 94.6 Å². The van der Waals surface area contributed by atoms with Crippen LogP contribution in [0.4, 0.5) is 0 Å². The van der Waals surface area contributed by atoms with Crippen molar-refractivity contribution in [2.24, 2.45) is 0 Å². The third-order valence-electron chi connectivity index (χ3n) is 2.34. The van der Waals surface area contributed by atoms with Gasteiger partial charge in [0.15, 0.2) is 0 Å². The third-order valence-corrected chi connectivity index (χ3v) is 6.74. The molecule has 0 aromatic rings. The van der Waals surface area contributed by atoms with E-state index in [1.165, 1.54) is 30.1 Å². The molecule has 13 heavy (non-hydrogen) atoms. The van der Waals surface area contributed by atoms with Crippen LogP contribution in [0.15, 0.2) is 22.8 Å². The summed E-state index contributed by atoms with van der Waals surface area (Å²) in [5.74, 6) is 4.68. The van der Waals surface area contributed by atoms with Crippen LogP contribution in [-0.2, 0) is 11.8 Å². The van der Waals surface area contributed by atoms with Crippen molar-refractivity contribution in [3.05, 3.63) is 22.8 Å². The smallest absolute Gasteiger partial charge is 0.00314 e. The maximum atomic E-state index is 5.68.